The van der Waals surface area contributed by atoms with E-state index in [4.69, 9.17) is 4.74 Å². The van der Waals surface area contributed by atoms with E-state index < -0.39 is 0 Å². The Morgan fingerprint density at radius 2 is 2.18 bits per heavy atom. The van der Waals surface area contributed by atoms with E-state index in [9.17, 15) is 4.79 Å². The van der Waals surface area contributed by atoms with E-state index in [0.717, 1.165) is 24.2 Å². The number of ether oxygens (including phenoxy) is 1. The highest BCUT2D eigenvalue weighted by Gasteiger charge is 2.37. The van der Waals surface area contributed by atoms with Gasteiger partial charge < -0.3 is 14.0 Å². The minimum absolute atomic E-state index is 0.0447. The van der Waals surface area contributed by atoms with Crippen molar-refractivity contribution in [1.29, 1.82) is 0 Å². The molecule has 1 amide bonds. The molecule has 3 heterocycles. The molecule has 2 atom stereocenters. The van der Waals surface area contributed by atoms with Crippen molar-refractivity contribution in [1.82, 2.24) is 14.3 Å². The molecule has 22 heavy (non-hydrogen) atoms. The molecule has 0 radical (unpaired) electrons. The van der Waals surface area contributed by atoms with E-state index >= 15 is 0 Å². The summed E-state index contributed by atoms with van der Waals surface area (Å²) in [5.41, 5.74) is 2.46. The summed E-state index contributed by atoms with van der Waals surface area (Å²) >= 11 is 0. The SMILES string of the molecule is Cc1cccc2nc(C(=O)N3CCO[C@@H]4CCCC[C@H]43)cn12. The minimum atomic E-state index is 0.0447. The van der Waals surface area contributed by atoms with Gasteiger partial charge in [0.25, 0.3) is 5.91 Å². The molecule has 0 unspecified atom stereocenters. The maximum Gasteiger partial charge on any atom is 0.274 e. The average Bonchev–Trinajstić information content (AvgIpc) is 2.99. The fraction of sp³-hybridized carbons (Fsp3) is 0.529. The summed E-state index contributed by atoms with van der Waals surface area (Å²) in [5.74, 6) is 0.0447. The average molecular weight is 299 g/mol. The highest BCUT2D eigenvalue weighted by Crippen LogP contribution is 2.29. The van der Waals surface area contributed by atoms with Crippen molar-refractivity contribution in [3.8, 4) is 0 Å². The maximum absolute atomic E-state index is 12.9. The van der Waals surface area contributed by atoms with Gasteiger partial charge in [-0.25, -0.2) is 4.98 Å². The molecule has 0 N–H and O–H groups in total. The number of fused-ring (bicyclic) bond motifs is 2. The molecule has 1 saturated carbocycles. The molecule has 2 aliphatic rings. The summed E-state index contributed by atoms with van der Waals surface area (Å²) < 4.78 is 7.83. The van der Waals surface area contributed by atoms with Crippen molar-refractivity contribution < 1.29 is 9.53 Å². The number of aryl methyl sites for hydroxylation is 1. The summed E-state index contributed by atoms with van der Waals surface area (Å²) in [7, 11) is 0. The third kappa shape index (κ3) is 2.20. The van der Waals surface area contributed by atoms with E-state index in [1.165, 1.54) is 12.8 Å². The fourth-order valence-electron chi connectivity index (χ4n) is 3.75. The molecule has 116 valence electrons. The topological polar surface area (TPSA) is 46.8 Å². The van der Waals surface area contributed by atoms with Gasteiger partial charge in [0.05, 0.1) is 18.8 Å². The lowest BCUT2D eigenvalue weighted by atomic mass is 9.90. The molecule has 0 spiro atoms. The fourth-order valence-corrected chi connectivity index (χ4v) is 3.75. The quantitative estimate of drug-likeness (QED) is 0.812. The van der Waals surface area contributed by atoms with Crippen LogP contribution in [0.2, 0.25) is 0 Å². The van der Waals surface area contributed by atoms with Gasteiger partial charge in [0.15, 0.2) is 0 Å². The monoisotopic (exact) mass is 299 g/mol. The normalized spacial score (nSPS) is 25.2. The van der Waals surface area contributed by atoms with Gasteiger partial charge in [0.1, 0.15) is 11.3 Å². The highest BCUT2D eigenvalue weighted by atomic mass is 16.5. The number of aromatic nitrogens is 2. The molecule has 0 bridgehead atoms. The second-order valence-corrected chi connectivity index (χ2v) is 6.28. The van der Waals surface area contributed by atoms with E-state index in [0.29, 0.717) is 18.8 Å². The van der Waals surface area contributed by atoms with Crippen molar-refractivity contribution in [2.24, 2.45) is 0 Å². The Morgan fingerprint density at radius 1 is 1.32 bits per heavy atom. The zero-order chi connectivity index (χ0) is 15.1. The van der Waals surface area contributed by atoms with Crippen LogP contribution in [0, 0.1) is 6.92 Å². The van der Waals surface area contributed by atoms with Crippen LogP contribution in [0.3, 0.4) is 0 Å². The molecular weight excluding hydrogens is 278 g/mol. The van der Waals surface area contributed by atoms with E-state index in [1.807, 2.05) is 40.6 Å². The maximum atomic E-state index is 12.9. The van der Waals surface area contributed by atoms with Gasteiger partial charge in [-0.05, 0) is 31.9 Å². The van der Waals surface area contributed by atoms with Crippen LogP contribution < -0.4 is 0 Å². The molecule has 2 aromatic heterocycles. The predicted octanol–water partition coefficient (Wildman–Crippen LogP) is 2.43. The van der Waals surface area contributed by atoms with Crippen LogP contribution in [-0.2, 0) is 4.74 Å². The molecule has 0 aromatic carbocycles. The van der Waals surface area contributed by atoms with E-state index in [2.05, 4.69) is 4.98 Å². The van der Waals surface area contributed by atoms with Crippen molar-refractivity contribution >= 4 is 11.6 Å². The van der Waals surface area contributed by atoms with E-state index in [-0.39, 0.29) is 18.1 Å². The smallest absolute Gasteiger partial charge is 0.274 e. The molecule has 2 fully saturated rings. The molecule has 1 aliphatic carbocycles. The molecule has 1 saturated heterocycles. The molecule has 5 nitrogen and oxygen atoms in total. The van der Waals surface area contributed by atoms with Gasteiger partial charge in [0.2, 0.25) is 0 Å². The number of rotatable bonds is 1. The van der Waals surface area contributed by atoms with Crippen molar-refractivity contribution in [3.63, 3.8) is 0 Å². The third-order valence-corrected chi connectivity index (χ3v) is 4.91. The van der Waals surface area contributed by atoms with Crippen LogP contribution in [0.25, 0.3) is 5.65 Å². The largest absolute Gasteiger partial charge is 0.374 e. The van der Waals surface area contributed by atoms with Crippen LogP contribution in [0.4, 0.5) is 0 Å². The molecule has 2 aromatic rings. The van der Waals surface area contributed by atoms with Gasteiger partial charge in [-0.15, -0.1) is 0 Å². The Balaban J connectivity index is 1.65. The number of morpholine rings is 1. The first kappa shape index (κ1) is 13.8. The number of nitrogens with zero attached hydrogens (tertiary/aromatic N) is 3. The Morgan fingerprint density at radius 3 is 3.05 bits per heavy atom. The zero-order valence-corrected chi connectivity index (χ0v) is 12.9. The lowest BCUT2D eigenvalue weighted by Crippen LogP contribution is -2.54. The lowest BCUT2D eigenvalue weighted by Gasteiger charge is -2.43. The number of amides is 1. The van der Waals surface area contributed by atoms with Crippen molar-refractivity contribution in [2.45, 2.75) is 44.8 Å². The summed E-state index contributed by atoms with van der Waals surface area (Å²) in [6.45, 7) is 3.33. The number of pyridine rings is 1. The molecule has 4 rings (SSSR count). The first-order valence-electron chi connectivity index (χ1n) is 8.11. The number of imidazole rings is 1. The lowest BCUT2D eigenvalue weighted by molar-refractivity contribution is -0.0754. The van der Waals surface area contributed by atoms with Gasteiger partial charge in [0, 0.05) is 18.4 Å². The second kappa shape index (κ2) is 5.39. The first-order chi connectivity index (χ1) is 10.7. The summed E-state index contributed by atoms with van der Waals surface area (Å²) in [5, 5.41) is 0. The minimum Gasteiger partial charge on any atom is -0.374 e. The summed E-state index contributed by atoms with van der Waals surface area (Å²) in [6, 6.07) is 6.15. The number of hydrogen-bond acceptors (Lipinski definition) is 3. The predicted molar refractivity (Wildman–Crippen MR) is 83.0 cm³/mol. The summed E-state index contributed by atoms with van der Waals surface area (Å²) in [6.07, 6.45) is 6.57. The standard InChI is InChI=1S/C17H21N3O2/c1-12-5-4-8-16-18-13(11-20(12)16)17(21)19-9-10-22-15-7-3-2-6-14(15)19/h4-5,8,11,14-15H,2-3,6-7,9-10H2,1H3/t14-,15-/m1/s1. The van der Waals surface area contributed by atoms with Crippen LogP contribution in [-0.4, -0.2) is 45.5 Å². The first-order valence-corrected chi connectivity index (χ1v) is 8.11. The van der Waals surface area contributed by atoms with Gasteiger partial charge in [-0.3, -0.25) is 4.79 Å². The zero-order valence-electron chi connectivity index (χ0n) is 12.9. The molecular formula is C17H21N3O2. The third-order valence-electron chi connectivity index (χ3n) is 4.91. The van der Waals surface area contributed by atoms with Crippen LogP contribution >= 0.6 is 0 Å². The molecule has 1 aliphatic heterocycles. The van der Waals surface area contributed by atoms with Gasteiger partial charge in [-0.1, -0.05) is 18.9 Å². The van der Waals surface area contributed by atoms with Gasteiger partial charge in [-0.2, -0.15) is 0 Å². The van der Waals surface area contributed by atoms with Crippen molar-refractivity contribution in [3.05, 3.63) is 35.8 Å². The number of carbonyl (C=O) groups is 1. The number of hydrogen-bond donors (Lipinski definition) is 0. The Bertz CT molecular complexity index is 707. The highest BCUT2D eigenvalue weighted by molar-refractivity contribution is 5.93. The Labute approximate surface area is 129 Å². The number of carbonyl (C=O) groups excluding carboxylic acids is 1. The van der Waals surface area contributed by atoms with E-state index in [1.54, 1.807) is 0 Å². The Kier molecular flexibility index (Phi) is 3.37. The van der Waals surface area contributed by atoms with Crippen LogP contribution in [0.1, 0.15) is 41.9 Å². The van der Waals surface area contributed by atoms with Crippen LogP contribution in [0.5, 0.6) is 0 Å². The second-order valence-electron chi connectivity index (χ2n) is 6.28. The summed E-state index contributed by atoms with van der Waals surface area (Å²) in [4.78, 5) is 19.4. The van der Waals surface area contributed by atoms with Gasteiger partial charge >= 0.3 is 0 Å². The van der Waals surface area contributed by atoms with Crippen LogP contribution in [0.15, 0.2) is 24.4 Å². The van der Waals surface area contributed by atoms with Crippen molar-refractivity contribution in [2.75, 3.05) is 13.2 Å². The molecule has 5 heteroatoms. The Hall–Kier alpha value is -1.88.